The molecule has 2 aromatic carbocycles. The van der Waals surface area contributed by atoms with E-state index in [2.05, 4.69) is 11.4 Å². The van der Waals surface area contributed by atoms with Gasteiger partial charge in [0.1, 0.15) is 5.75 Å². The number of carbonyl (C=O) groups is 1. The highest BCUT2D eigenvalue weighted by Gasteiger charge is 2.18. The third kappa shape index (κ3) is 3.79. The number of nitro groups is 1. The summed E-state index contributed by atoms with van der Waals surface area (Å²) in [4.78, 5) is 22.7. The van der Waals surface area contributed by atoms with Gasteiger partial charge in [0.05, 0.1) is 4.92 Å². The van der Waals surface area contributed by atoms with E-state index >= 15 is 0 Å². The van der Waals surface area contributed by atoms with Crippen LogP contribution >= 0.6 is 0 Å². The molecular formula is C19H20N2O4. The lowest BCUT2D eigenvalue weighted by Crippen LogP contribution is -2.30. The van der Waals surface area contributed by atoms with Crippen LogP contribution in [0.4, 0.5) is 11.4 Å². The minimum absolute atomic E-state index is 0.0302. The summed E-state index contributed by atoms with van der Waals surface area (Å²) in [5, 5.41) is 13.7. The van der Waals surface area contributed by atoms with Gasteiger partial charge in [0.15, 0.2) is 6.10 Å². The van der Waals surface area contributed by atoms with Gasteiger partial charge in [-0.2, -0.15) is 0 Å². The van der Waals surface area contributed by atoms with E-state index in [-0.39, 0.29) is 11.6 Å². The fourth-order valence-electron chi connectivity index (χ4n) is 3.06. The van der Waals surface area contributed by atoms with Crippen LogP contribution < -0.4 is 10.1 Å². The number of nitrogens with zero attached hydrogens (tertiary/aromatic N) is 1. The zero-order valence-electron chi connectivity index (χ0n) is 14.2. The van der Waals surface area contributed by atoms with Gasteiger partial charge in [-0.05, 0) is 68.5 Å². The Bertz CT molecular complexity index is 832. The highest BCUT2D eigenvalue weighted by atomic mass is 16.6. The molecule has 1 aliphatic rings. The first-order valence-corrected chi connectivity index (χ1v) is 8.28. The molecule has 0 spiro atoms. The summed E-state index contributed by atoms with van der Waals surface area (Å²) >= 11 is 0. The van der Waals surface area contributed by atoms with E-state index in [0.29, 0.717) is 11.3 Å². The molecule has 0 bridgehead atoms. The lowest BCUT2D eigenvalue weighted by molar-refractivity contribution is -0.385. The number of nitrogens with one attached hydrogen (secondary N) is 1. The Morgan fingerprint density at radius 2 is 1.96 bits per heavy atom. The number of fused-ring (bicyclic) bond motifs is 1. The van der Waals surface area contributed by atoms with E-state index in [1.807, 2.05) is 12.1 Å². The number of benzene rings is 2. The Labute approximate surface area is 146 Å². The largest absolute Gasteiger partial charge is 0.481 e. The summed E-state index contributed by atoms with van der Waals surface area (Å²) in [6.45, 7) is 3.29. The Kier molecular flexibility index (Phi) is 4.70. The van der Waals surface area contributed by atoms with Gasteiger partial charge in [-0.15, -0.1) is 0 Å². The third-order valence-corrected chi connectivity index (χ3v) is 4.41. The summed E-state index contributed by atoms with van der Waals surface area (Å²) in [5.41, 5.74) is 3.93. The second kappa shape index (κ2) is 6.93. The molecule has 0 aliphatic heterocycles. The molecule has 25 heavy (non-hydrogen) atoms. The zero-order chi connectivity index (χ0) is 18.0. The SMILES string of the molecule is Cc1cc(O[C@@H](C)C(=O)Nc2ccc3c(c2)CCC3)ccc1[N+](=O)[O-]. The molecule has 0 aromatic heterocycles. The Morgan fingerprint density at radius 1 is 1.20 bits per heavy atom. The van der Waals surface area contributed by atoms with Gasteiger partial charge in [-0.1, -0.05) is 6.07 Å². The maximum atomic E-state index is 12.3. The maximum absolute atomic E-state index is 12.3. The number of ether oxygens (including phenoxy) is 1. The van der Waals surface area contributed by atoms with Gasteiger partial charge < -0.3 is 10.1 Å². The van der Waals surface area contributed by atoms with Gasteiger partial charge in [-0.25, -0.2) is 0 Å². The molecule has 1 amide bonds. The standard InChI is InChI=1S/C19H20N2O4/c1-12-10-17(8-9-18(12)21(23)24)25-13(2)19(22)20-16-7-6-14-4-3-5-15(14)11-16/h6-11,13H,3-5H2,1-2H3,(H,20,22)/t13-/m0/s1. The van der Waals surface area contributed by atoms with Gasteiger partial charge in [-0.3, -0.25) is 14.9 Å². The van der Waals surface area contributed by atoms with Gasteiger partial charge >= 0.3 is 0 Å². The Morgan fingerprint density at radius 3 is 2.68 bits per heavy atom. The fraction of sp³-hybridized carbons (Fsp3) is 0.316. The quantitative estimate of drug-likeness (QED) is 0.663. The highest BCUT2D eigenvalue weighted by molar-refractivity contribution is 5.94. The third-order valence-electron chi connectivity index (χ3n) is 4.41. The van der Waals surface area contributed by atoms with Gasteiger partial charge in [0.25, 0.3) is 11.6 Å². The van der Waals surface area contributed by atoms with E-state index in [1.54, 1.807) is 19.9 Å². The number of amides is 1. The van der Waals surface area contributed by atoms with Crippen molar-refractivity contribution < 1.29 is 14.5 Å². The number of rotatable bonds is 5. The minimum atomic E-state index is -0.714. The summed E-state index contributed by atoms with van der Waals surface area (Å²) in [5.74, 6) is 0.175. The van der Waals surface area contributed by atoms with Gasteiger partial charge in [0.2, 0.25) is 0 Å². The number of hydrogen-bond donors (Lipinski definition) is 1. The average molecular weight is 340 g/mol. The molecule has 0 heterocycles. The normalized spacial score (nSPS) is 13.8. The molecule has 1 atom stereocenters. The summed E-state index contributed by atoms with van der Waals surface area (Å²) in [7, 11) is 0. The topological polar surface area (TPSA) is 81.5 Å². The molecule has 3 rings (SSSR count). The van der Waals surface area contributed by atoms with Crippen molar-refractivity contribution in [2.45, 2.75) is 39.2 Å². The average Bonchev–Trinajstić information content (AvgIpc) is 3.02. The maximum Gasteiger partial charge on any atom is 0.272 e. The van der Waals surface area contributed by atoms with Crippen molar-refractivity contribution in [1.82, 2.24) is 0 Å². The molecule has 0 unspecified atom stereocenters. The number of nitro benzene ring substituents is 1. The van der Waals surface area contributed by atoms with E-state index in [0.717, 1.165) is 24.9 Å². The van der Waals surface area contributed by atoms with E-state index in [4.69, 9.17) is 4.74 Å². The smallest absolute Gasteiger partial charge is 0.272 e. The fourth-order valence-corrected chi connectivity index (χ4v) is 3.06. The predicted octanol–water partition coefficient (Wildman–Crippen LogP) is 3.80. The summed E-state index contributed by atoms with van der Waals surface area (Å²) in [6, 6.07) is 10.4. The Hall–Kier alpha value is -2.89. The molecule has 0 radical (unpaired) electrons. The molecule has 6 nitrogen and oxygen atoms in total. The molecule has 6 heteroatoms. The first-order valence-electron chi connectivity index (χ1n) is 8.28. The summed E-state index contributed by atoms with van der Waals surface area (Å²) in [6.07, 6.45) is 2.59. The molecular weight excluding hydrogens is 320 g/mol. The van der Waals surface area contributed by atoms with Crippen molar-refractivity contribution in [3.05, 3.63) is 63.2 Å². The lowest BCUT2D eigenvalue weighted by Gasteiger charge is -2.15. The molecule has 0 fully saturated rings. The van der Waals surface area contributed by atoms with Crippen molar-refractivity contribution in [1.29, 1.82) is 0 Å². The monoisotopic (exact) mass is 340 g/mol. The van der Waals surface area contributed by atoms with Crippen LogP contribution in [-0.4, -0.2) is 16.9 Å². The number of hydrogen-bond acceptors (Lipinski definition) is 4. The van der Waals surface area contributed by atoms with E-state index in [1.165, 1.54) is 23.3 Å². The van der Waals surface area contributed by atoms with Crippen LogP contribution in [0.15, 0.2) is 36.4 Å². The molecule has 130 valence electrons. The zero-order valence-corrected chi connectivity index (χ0v) is 14.2. The van der Waals surface area contributed by atoms with Crippen LogP contribution in [0, 0.1) is 17.0 Å². The van der Waals surface area contributed by atoms with E-state index < -0.39 is 11.0 Å². The van der Waals surface area contributed by atoms with Crippen LogP contribution in [0.5, 0.6) is 5.75 Å². The van der Waals surface area contributed by atoms with Crippen molar-refractivity contribution in [3.63, 3.8) is 0 Å². The van der Waals surface area contributed by atoms with Crippen LogP contribution in [0.3, 0.4) is 0 Å². The molecule has 1 N–H and O–H groups in total. The van der Waals surface area contributed by atoms with Crippen molar-refractivity contribution >= 4 is 17.3 Å². The molecule has 0 saturated carbocycles. The number of anilines is 1. The molecule has 0 saturated heterocycles. The number of aryl methyl sites for hydroxylation is 3. The second-order valence-electron chi connectivity index (χ2n) is 6.29. The van der Waals surface area contributed by atoms with Crippen molar-refractivity contribution in [2.24, 2.45) is 0 Å². The van der Waals surface area contributed by atoms with Gasteiger partial charge in [0, 0.05) is 17.3 Å². The first kappa shape index (κ1) is 17.0. The lowest BCUT2D eigenvalue weighted by atomic mass is 10.1. The van der Waals surface area contributed by atoms with E-state index in [9.17, 15) is 14.9 Å². The predicted molar refractivity (Wildman–Crippen MR) is 95.0 cm³/mol. The van der Waals surface area contributed by atoms with Crippen molar-refractivity contribution in [3.8, 4) is 5.75 Å². The minimum Gasteiger partial charge on any atom is -0.481 e. The van der Waals surface area contributed by atoms with Crippen LogP contribution in [-0.2, 0) is 17.6 Å². The molecule has 1 aliphatic carbocycles. The van der Waals surface area contributed by atoms with Crippen molar-refractivity contribution in [2.75, 3.05) is 5.32 Å². The highest BCUT2D eigenvalue weighted by Crippen LogP contribution is 2.26. The number of carbonyl (C=O) groups excluding carboxylic acids is 1. The molecule has 2 aromatic rings. The Balaban J connectivity index is 1.64. The van der Waals surface area contributed by atoms with Crippen LogP contribution in [0.2, 0.25) is 0 Å². The summed E-state index contributed by atoms with van der Waals surface area (Å²) < 4.78 is 5.62. The van der Waals surface area contributed by atoms with Crippen LogP contribution in [0.25, 0.3) is 0 Å². The first-order chi connectivity index (χ1) is 11.9. The second-order valence-corrected chi connectivity index (χ2v) is 6.29. The van der Waals surface area contributed by atoms with Crippen LogP contribution in [0.1, 0.15) is 30.0 Å².